The lowest BCUT2D eigenvalue weighted by molar-refractivity contribution is 0.425. The first-order valence-corrected chi connectivity index (χ1v) is 8.62. The van der Waals surface area contributed by atoms with Gasteiger partial charge in [0.25, 0.3) is 0 Å². The molecule has 0 unspecified atom stereocenters. The molecule has 5 heterocycles. The van der Waals surface area contributed by atoms with Crippen LogP contribution in [0.25, 0.3) is 16.7 Å². The molecule has 132 valence electrons. The molecule has 0 amide bonds. The molecular weight excluding hydrogens is 330 g/mol. The van der Waals surface area contributed by atoms with Gasteiger partial charge in [0.05, 0.1) is 5.52 Å². The zero-order valence-corrected chi connectivity index (χ0v) is 14.7. The van der Waals surface area contributed by atoms with E-state index in [1.165, 1.54) is 5.69 Å². The molecule has 9 nitrogen and oxygen atoms in total. The van der Waals surface area contributed by atoms with Crippen LogP contribution in [0.1, 0.15) is 5.69 Å². The molecule has 0 saturated carbocycles. The Kier molecular flexibility index (Phi) is 3.27. The van der Waals surface area contributed by atoms with Crippen molar-refractivity contribution in [2.45, 2.75) is 6.92 Å². The van der Waals surface area contributed by atoms with E-state index < -0.39 is 0 Å². The van der Waals surface area contributed by atoms with E-state index in [2.05, 4.69) is 53.0 Å². The molecule has 0 bridgehead atoms. The van der Waals surface area contributed by atoms with Gasteiger partial charge in [-0.25, -0.2) is 9.97 Å². The Balaban J connectivity index is 1.25. The molecule has 5 rings (SSSR count). The summed E-state index contributed by atoms with van der Waals surface area (Å²) in [6.45, 7) is 4.89. The van der Waals surface area contributed by atoms with Crippen molar-refractivity contribution in [2.75, 3.05) is 29.9 Å². The quantitative estimate of drug-likeness (QED) is 0.593. The maximum atomic E-state index is 4.54. The summed E-state index contributed by atoms with van der Waals surface area (Å²) in [6.07, 6.45) is 3.25. The van der Waals surface area contributed by atoms with Crippen molar-refractivity contribution in [1.82, 2.24) is 34.3 Å². The van der Waals surface area contributed by atoms with Crippen LogP contribution in [0.15, 0.2) is 30.9 Å². The molecule has 0 aromatic carbocycles. The van der Waals surface area contributed by atoms with E-state index in [0.29, 0.717) is 5.92 Å². The minimum absolute atomic E-state index is 0.555. The van der Waals surface area contributed by atoms with Gasteiger partial charge in [0.1, 0.15) is 24.0 Å². The van der Waals surface area contributed by atoms with Crippen LogP contribution in [-0.2, 0) is 7.05 Å². The summed E-state index contributed by atoms with van der Waals surface area (Å²) in [5.41, 5.74) is 3.97. The smallest absolute Gasteiger partial charge is 0.177 e. The highest BCUT2D eigenvalue weighted by Gasteiger charge is 2.28. The third-order valence-electron chi connectivity index (χ3n) is 5.05. The number of fused-ring (bicyclic) bond motifs is 2. The first-order chi connectivity index (χ1) is 12.7. The van der Waals surface area contributed by atoms with E-state index >= 15 is 0 Å². The maximum Gasteiger partial charge on any atom is 0.177 e. The van der Waals surface area contributed by atoms with Gasteiger partial charge in [-0.05, 0) is 25.1 Å². The van der Waals surface area contributed by atoms with E-state index in [4.69, 9.17) is 0 Å². The van der Waals surface area contributed by atoms with Gasteiger partial charge in [0.2, 0.25) is 0 Å². The van der Waals surface area contributed by atoms with Crippen molar-refractivity contribution in [3.05, 3.63) is 36.5 Å². The van der Waals surface area contributed by atoms with Crippen molar-refractivity contribution >= 4 is 28.3 Å². The van der Waals surface area contributed by atoms with Crippen molar-refractivity contribution < 1.29 is 0 Å². The minimum atomic E-state index is 0.555. The van der Waals surface area contributed by atoms with Gasteiger partial charge in [-0.3, -0.25) is 0 Å². The summed E-state index contributed by atoms with van der Waals surface area (Å²) in [5.74, 6) is 2.41. The number of anilines is 2. The summed E-state index contributed by atoms with van der Waals surface area (Å²) in [6, 6.07) is 6.02. The SMILES string of the molecule is Cc1cc2ncnc(NCC3CN(c4ccc5nncn5n4)C3)c2n1C. The number of hydrogen-bond donors (Lipinski definition) is 1. The van der Waals surface area contributed by atoms with E-state index in [0.717, 1.165) is 48.0 Å². The van der Waals surface area contributed by atoms with Gasteiger partial charge >= 0.3 is 0 Å². The van der Waals surface area contributed by atoms with Crippen LogP contribution in [0, 0.1) is 12.8 Å². The Bertz CT molecular complexity index is 1090. The molecule has 0 spiro atoms. The second-order valence-electron chi connectivity index (χ2n) is 6.78. The molecule has 4 aromatic rings. The molecule has 1 saturated heterocycles. The molecule has 0 radical (unpaired) electrons. The molecule has 4 aromatic heterocycles. The highest BCUT2D eigenvalue weighted by atomic mass is 15.4. The van der Waals surface area contributed by atoms with Crippen molar-refractivity contribution in [3.63, 3.8) is 0 Å². The normalized spacial score (nSPS) is 14.9. The Morgan fingerprint density at radius 1 is 1.23 bits per heavy atom. The Morgan fingerprint density at radius 3 is 3.00 bits per heavy atom. The highest BCUT2D eigenvalue weighted by Crippen LogP contribution is 2.25. The van der Waals surface area contributed by atoms with Gasteiger partial charge < -0.3 is 14.8 Å². The second kappa shape index (κ2) is 5.65. The number of nitrogens with zero attached hydrogens (tertiary/aromatic N) is 8. The molecule has 1 fully saturated rings. The number of hydrogen-bond acceptors (Lipinski definition) is 7. The Labute approximate surface area is 149 Å². The van der Waals surface area contributed by atoms with Gasteiger partial charge in [0, 0.05) is 38.3 Å². The van der Waals surface area contributed by atoms with Crippen LogP contribution in [0.5, 0.6) is 0 Å². The first kappa shape index (κ1) is 15.1. The van der Waals surface area contributed by atoms with Gasteiger partial charge in [-0.1, -0.05) is 0 Å². The molecule has 0 aliphatic carbocycles. The fraction of sp³-hybridized carbons (Fsp3) is 0.353. The Hall–Kier alpha value is -3.23. The molecule has 26 heavy (non-hydrogen) atoms. The van der Waals surface area contributed by atoms with Crippen LogP contribution in [0.4, 0.5) is 11.6 Å². The largest absolute Gasteiger partial charge is 0.368 e. The van der Waals surface area contributed by atoms with Gasteiger partial charge in [0.15, 0.2) is 11.5 Å². The third-order valence-corrected chi connectivity index (χ3v) is 5.05. The predicted octanol–water partition coefficient (Wildman–Crippen LogP) is 1.26. The fourth-order valence-corrected chi connectivity index (χ4v) is 3.44. The van der Waals surface area contributed by atoms with Crippen molar-refractivity contribution in [2.24, 2.45) is 13.0 Å². The van der Waals surface area contributed by atoms with Gasteiger partial charge in [-0.2, -0.15) is 4.52 Å². The number of nitrogens with one attached hydrogen (secondary N) is 1. The number of aromatic nitrogens is 7. The Morgan fingerprint density at radius 2 is 2.12 bits per heavy atom. The molecule has 1 aliphatic rings. The molecule has 1 aliphatic heterocycles. The lowest BCUT2D eigenvalue weighted by Gasteiger charge is -2.40. The zero-order valence-electron chi connectivity index (χ0n) is 14.7. The van der Waals surface area contributed by atoms with E-state index in [9.17, 15) is 0 Å². The molecule has 1 N–H and O–H groups in total. The highest BCUT2D eigenvalue weighted by molar-refractivity contribution is 5.87. The average Bonchev–Trinajstić information content (AvgIpc) is 3.18. The lowest BCUT2D eigenvalue weighted by Crippen LogP contribution is -2.50. The third kappa shape index (κ3) is 2.35. The summed E-state index contributed by atoms with van der Waals surface area (Å²) in [4.78, 5) is 11.0. The molecular formula is C17H19N9. The fourth-order valence-electron chi connectivity index (χ4n) is 3.44. The zero-order chi connectivity index (χ0) is 17.7. The van der Waals surface area contributed by atoms with Crippen LogP contribution in [0.2, 0.25) is 0 Å². The van der Waals surface area contributed by atoms with Crippen LogP contribution in [0.3, 0.4) is 0 Å². The summed E-state index contributed by atoms with van der Waals surface area (Å²) >= 11 is 0. The summed E-state index contributed by atoms with van der Waals surface area (Å²) in [7, 11) is 2.05. The average molecular weight is 349 g/mol. The molecule has 9 heteroatoms. The first-order valence-electron chi connectivity index (χ1n) is 8.62. The topological polar surface area (TPSA) is 89.1 Å². The predicted molar refractivity (Wildman–Crippen MR) is 98.2 cm³/mol. The molecule has 0 atom stereocenters. The summed E-state index contributed by atoms with van der Waals surface area (Å²) < 4.78 is 3.83. The summed E-state index contributed by atoms with van der Waals surface area (Å²) in [5, 5.41) is 15.9. The van der Waals surface area contributed by atoms with Crippen LogP contribution < -0.4 is 10.2 Å². The second-order valence-corrected chi connectivity index (χ2v) is 6.78. The number of rotatable bonds is 4. The van der Waals surface area contributed by atoms with Gasteiger partial charge in [-0.15, -0.1) is 15.3 Å². The van der Waals surface area contributed by atoms with Crippen LogP contribution >= 0.6 is 0 Å². The van der Waals surface area contributed by atoms with E-state index in [1.807, 2.05) is 19.2 Å². The minimum Gasteiger partial charge on any atom is -0.368 e. The van der Waals surface area contributed by atoms with Crippen molar-refractivity contribution in [1.29, 1.82) is 0 Å². The number of aryl methyl sites for hydroxylation is 2. The van der Waals surface area contributed by atoms with Crippen molar-refractivity contribution in [3.8, 4) is 0 Å². The lowest BCUT2D eigenvalue weighted by atomic mass is 10.0. The van der Waals surface area contributed by atoms with E-state index in [1.54, 1.807) is 17.2 Å². The standard InChI is InChI=1S/C17H19N9/c1-11-5-13-16(24(11)2)17(20-9-19-13)18-6-12-7-25(8-12)15-4-3-14-22-21-10-26(14)23-15/h3-5,9-10,12H,6-8H2,1-2H3,(H,18,19,20). The van der Waals surface area contributed by atoms with Crippen LogP contribution in [-0.4, -0.2) is 54.0 Å². The monoisotopic (exact) mass is 349 g/mol. The van der Waals surface area contributed by atoms with E-state index in [-0.39, 0.29) is 0 Å². The maximum absolute atomic E-state index is 4.54.